The van der Waals surface area contributed by atoms with E-state index in [4.69, 9.17) is 14.2 Å². The van der Waals surface area contributed by atoms with Gasteiger partial charge in [-0.3, -0.25) is 4.79 Å². The Kier molecular flexibility index (Phi) is 6.69. The Morgan fingerprint density at radius 1 is 0.969 bits per heavy atom. The number of thiophene rings is 1. The van der Waals surface area contributed by atoms with E-state index in [1.807, 2.05) is 17.5 Å². The summed E-state index contributed by atoms with van der Waals surface area (Å²) >= 11 is 1.48. The molecular weight excluding hydrogens is 428 g/mol. The molecule has 0 amide bonds. The van der Waals surface area contributed by atoms with Gasteiger partial charge in [-0.2, -0.15) is 0 Å². The second kappa shape index (κ2) is 9.28. The Hall–Kier alpha value is -3.58. The number of aliphatic carboxylic acids is 1. The van der Waals surface area contributed by atoms with Gasteiger partial charge in [0.25, 0.3) is 0 Å². The molecule has 0 aliphatic heterocycles. The smallest absolute Gasteiger partial charge is 0.347 e. The van der Waals surface area contributed by atoms with Crippen molar-refractivity contribution in [3.05, 3.63) is 71.6 Å². The van der Waals surface area contributed by atoms with Gasteiger partial charge in [0.15, 0.2) is 5.60 Å². The van der Waals surface area contributed by atoms with E-state index in [2.05, 4.69) is 6.58 Å². The van der Waals surface area contributed by atoms with Crippen LogP contribution in [0.15, 0.2) is 60.5 Å². The zero-order valence-corrected chi connectivity index (χ0v) is 19.1. The average Bonchev–Trinajstić information content (AvgIpc) is 3.32. The van der Waals surface area contributed by atoms with Crippen molar-refractivity contribution in [2.24, 2.45) is 0 Å². The summed E-state index contributed by atoms with van der Waals surface area (Å²) in [5, 5.41) is 11.4. The Bertz CT molecular complexity index is 1140. The fourth-order valence-corrected chi connectivity index (χ4v) is 3.85. The van der Waals surface area contributed by atoms with Gasteiger partial charge in [0.05, 0.1) is 14.2 Å². The number of rotatable bonds is 9. The fraction of sp³-hybridized carbons (Fsp3) is 0.200. The Morgan fingerprint density at radius 2 is 1.62 bits per heavy atom. The summed E-state index contributed by atoms with van der Waals surface area (Å²) in [5.41, 5.74) is 0.354. The zero-order chi connectivity index (χ0) is 23.5. The van der Waals surface area contributed by atoms with Crippen LogP contribution >= 0.6 is 11.3 Å². The minimum atomic E-state index is -1.43. The van der Waals surface area contributed by atoms with E-state index in [0.717, 1.165) is 4.88 Å². The van der Waals surface area contributed by atoms with Gasteiger partial charge in [-0.1, -0.05) is 24.8 Å². The largest absolute Gasteiger partial charge is 0.496 e. The lowest BCUT2D eigenvalue weighted by atomic mass is 9.95. The molecule has 1 aromatic heterocycles. The van der Waals surface area contributed by atoms with Crippen LogP contribution in [0.1, 0.15) is 29.8 Å². The predicted molar refractivity (Wildman–Crippen MR) is 125 cm³/mol. The maximum Gasteiger partial charge on any atom is 0.347 e. The summed E-state index contributed by atoms with van der Waals surface area (Å²) in [7, 11) is 2.97. The van der Waals surface area contributed by atoms with E-state index in [9.17, 15) is 14.7 Å². The molecule has 0 radical (unpaired) electrons. The van der Waals surface area contributed by atoms with Crippen molar-refractivity contribution in [2.75, 3.05) is 14.2 Å². The van der Waals surface area contributed by atoms with Gasteiger partial charge in [-0.05, 0) is 55.1 Å². The molecule has 0 saturated heterocycles. The molecule has 1 N–H and O–H groups in total. The molecule has 0 bridgehead atoms. The van der Waals surface area contributed by atoms with Crippen LogP contribution in [0.5, 0.6) is 17.2 Å². The Morgan fingerprint density at radius 3 is 2.16 bits per heavy atom. The maximum absolute atomic E-state index is 13.3. The second-order valence-corrected chi connectivity index (χ2v) is 8.40. The van der Waals surface area contributed by atoms with Crippen molar-refractivity contribution in [3.63, 3.8) is 0 Å². The van der Waals surface area contributed by atoms with Gasteiger partial charge < -0.3 is 19.3 Å². The highest BCUT2D eigenvalue weighted by atomic mass is 32.1. The van der Waals surface area contributed by atoms with Crippen molar-refractivity contribution >= 4 is 28.7 Å². The number of carbonyl (C=O) groups excluding carboxylic acids is 1. The number of hydrogen-bond acceptors (Lipinski definition) is 6. The lowest BCUT2D eigenvalue weighted by molar-refractivity contribution is -0.152. The first-order valence-corrected chi connectivity index (χ1v) is 10.6. The zero-order valence-electron chi connectivity index (χ0n) is 18.3. The third-order valence-corrected chi connectivity index (χ3v) is 5.83. The molecule has 0 aliphatic rings. The summed E-state index contributed by atoms with van der Waals surface area (Å²) in [6.07, 6.45) is 0. The molecule has 3 aromatic rings. The van der Waals surface area contributed by atoms with Crippen LogP contribution in [0.2, 0.25) is 0 Å². The van der Waals surface area contributed by atoms with E-state index in [-0.39, 0.29) is 16.9 Å². The monoisotopic (exact) mass is 452 g/mol. The van der Waals surface area contributed by atoms with Crippen LogP contribution in [0.25, 0.3) is 16.0 Å². The summed E-state index contributed by atoms with van der Waals surface area (Å²) in [6, 6.07) is 14.0. The van der Waals surface area contributed by atoms with E-state index < -0.39 is 11.6 Å². The predicted octanol–water partition coefficient (Wildman–Crippen LogP) is 5.57. The minimum Gasteiger partial charge on any atom is -0.496 e. The average molecular weight is 453 g/mol. The molecular formula is C25H24O6S. The van der Waals surface area contributed by atoms with Crippen LogP contribution in [0.3, 0.4) is 0 Å². The van der Waals surface area contributed by atoms with Gasteiger partial charge in [0.2, 0.25) is 5.78 Å². The highest BCUT2D eigenvalue weighted by Gasteiger charge is 2.31. The number of ether oxygens (including phenoxy) is 3. The third-order valence-electron chi connectivity index (χ3n) is 4.92. The highest BCUT2D eigenvalue weighted by molar-refractivity contribution is 7.13. The van der Waals surface area contributed by atoms with Gasteiger partial charge in [0.1, 0.15) is 22.8 Å². The molecule has 7 heteroatoms. The molecule has 1 heterocycles. The normalized spacial score (nSPS) is 11.0. The number of hydrogen-bond donors (Lipinski definition) is 1. The first-order valence-electron chi connectivity index (χ1n) is 9.75. The number of methoxy groups -OCH3 is 2. The topological polar surface area (TPSA) is 82.1 Å². The molecule has 0 spiro atoms. The van der Waals surface area contributed by atoms with E-state index in [0.29, 0.717) is 28.4 Å². The molecule has 166 valence electrons. The maximum atomic E-state index is 13.3. The molecule has 0 aliphatic carbocycles. The van der Waals surface area contributed by atoms with Crippen LogP contribution in [0, 0.1) is 0 Å². The molecule has 0 saturated carbocycles. The van der Waals surface area contributed by atoms with Crippen molar-refractivity contribution in [3.8, 4) is 27.7 Å². The van der Waals surface area contributed by atoms with Crippen LogP contribution in [-0.2, 0) is 4.79 Å². The van der Waals surface area contributed by atoms with Gasteiger partial charge >= 0.3 is 5.97 Å². The van der Waals surface area contributed by atoms with E-state index in [1.165, 1.54) is 39.4 Å². The quantitative estimate of drug-likeness (QED) is 0.338. The molecule has 0 atom stereocenters. The Balaban J connectivity index is 2.06. The number of ketones is 1. The third kappa shape index (κ3) is 4.53. The number of carboxylic acids is 1. The first-order chi connectivity index (χ1) is 15.2. The second-order valence-electron chi connectivity index (χ2n) is 7.45. The van der Waals surface area contributed by atoms with Gasteiger partial charge in [0, 0.05) is 16.0 Å². The lowest BCUT2D eigenvalue weighted by Crippen LogP contribution is -2.38. The summed E-state index contributed by atoms with van der Waals surface area (Å²) in [5.74, 6) is -0.245. The molecule has 0 unspecified atom stereocenters. The van der Waals surface area contributed by atoms with Crippen LogP contribution < -0.4 is 14.2 Å². The number of allylic oxidation sites excluding steroid dienone is 1. The number of Topliss-reactive ketones (excluding diaryl/α,β-unsaturated/α-hetero) is 1. The molecule has 6 nitrogen and oxygen atoms in total. The SMILES string of the molecule is C=C(C(=O)c1c(OC)cccc1OC)c1ccc(OC(C)(C)C(=O)O)c(-c2cccs2)c1. The summed E-state index contributed by atoms with van der Waals surface area (Å²) in [4.78, 5) is 25.8. The molecule has 0 fully saturated rings. The molecule has 3 rings (SSSR count). The standard InChI is InChI=1S/C25H24O6S/c1-15(23(26)22-19(29-4)8-6-9-20(22)30-5)16-11-12-18(31-25(2,3)24(27)28)17(14-16)21-10-7-13-32-21/h6-14H,1H2,2-5H3,(H,27,28). The van der Waals surface area contributed by atoms with Crippen molar-refractivity contribution < 1.29 is 28.9 Å². The van der Waals surface area contributed by atoms with E-state index >= 15 is 0 Å². The van der Waals surface area contributed by atoms with Gasteiger partial charge in [-0.15, -0.1) is 11.3 Å². The highest BCUT2D eigenvalue weighted by Crippen LogP contribution is 2.39. The number of carboxylic acid groups (broad SMARTS) is 1. The van der Waals surface area contributed by atoms with Crippen molar-refractivity contribution in [1.82, 2.24) is 0 Å². The Labute approximate surface area is 190 Å². The fourth-order valence-electron chi connectivity index (χ4n) is 3.11. The van der Waals surface area contributed by atoms with Crippen molar-refractivity contribution in [1.29, 1.82) is 0 Å². The van der Waals surface area contributed by atoms with Crippen LogP contribution in [0.4, 0.5) is 0 Å². The number of carbonyl (C=O) groups is 2. The summed E-state index contributed by atoms with van der Waals surface area (Å²) in [6.45, 7) is 6.98. The van der Waals surface area contributed by atoms with Crippen molar-refractivity contribution in [2.45, 2.75) is 19.4 Å². The molecule has 2 aromatic carbocycles. The van der Waals surface area contributed by atoms with Crippen LogP contribution in [-0.4, -0.2) is 36.7 Å². The first kappa shape index (κ1) is 23.1. The number of benzene rings is 2. The van der Waals surface area contributed by atoms with E-state index in [1.54, 1.807) is 36.4 Å². The minimum absolute atomic E-state index is 0.245. The molecule has 32 heavy (non-hydrogen) atoms. The van der Waals surface area contributed by atoms with Gasteiger partial charge in [-0.25, -0.2) is 4.79 Å². The summed E-state index contributed by atoms with van der Waals surface area (Å²) < 4.78 is 16.5. The lowest BCUT2D eigenvalue weighted by Gasteiger charge is -2.23.